The summed E-state index contributed by atoms with van der Waals surface area (Å²) in [4.78, 5) is 10.8. The first-order valence-electron chi connectivity index (χ1n) is 23.1. The first kappa shape index (κ1) is 39.4. The Labute approximate surface area is 395 Å². The predicted octanol–water partition coefficient (Wildman–Crippen LogP) is 14.9. The van der Waals surface area contributed by atoms with E-state index in [1.807, 2.05) is 54.6 Å². The molecule has 2 heterocycles. The Morgan fingerprint density at radius 1 is 0.382 bits per heavy atom. The van der Waals surface area contributed by atoms with Gasteiger partial charge in [0.15, 0.2) is 5.82 Å². The highest BCUT2D eigenvalue weighted by Crippen LogP contribution is 2.63. The molecule has 318 valence electrons. The van der Waals surface area contributed by atoms with Crippen molar-refractivity contribution < 1.29 is 0 Å². The first-order valence-corrected chi connectivity index (χ1v) is 23.1. The summed E-state index contributed by atoms with van der Waals surface area (Å²) >= 11 is 0. The van der Waals surface area contributed by atoms with Crippen molar-refractivity contribution in [2.45, 2.75) is 5.41 Å². The van der Waals surface area contributed by atoms with E-state index in [2.05, 4.69) is 193 Å². The van der Waals surface area contributed by atoms with Crippen molar-refractivity contribution in [1.29, 1.82) is 5.41 Å². The van der Waals surface area contributed by atoms with Crippen molar-refractivity contribution >= 4 is 28.8 Å². The van der Waals surface area contributed by atoms with E-state index in [0.717, 1.165) is 72.9 Å². The summed E-state index contributed by atoms with van der Waals surface area (Å²) in [5.74, 6) is 0.640. The molecule has 2 N–H and O–H groups in total. The second-order valence-corrected chi connectivity index (χ2v) is 17.7. The highest BCUT2D eigenvalue weighted by Gasteiger charge is 2.51. The third-order valence-corrected chi connectivity index (χ3v) is 13.9. The molecule has 0 radical (unpaired) electrons. The van der Waals surface area contributed by atoms with Gasteiger partial charge in [-0.3, -0.25) is 5.41 Å². The fourth-order valence-electron chi connectivity index (χ4n) is 10.9. The van der Waals surface area contributed by atoms with E-state index in [4.69, 9.17) is 9.97 Å². The van der Waals surface area contributed by atoms with Crippen LogP contribution in [0.3, 0.4) is 0 Å². The fraction of sp³-hybridized carbons (Fsp3) is 0.0156. The van der Waals surface area contributed by atoms with Crippen molar-refractivity contribution in [2.75, 3.05) is 0 Å². The summed E-state index contributed by atoms with van der Waals surface area (Å²) in [5, 5.41) is 13.5. The highest BCUT2D eigenvalue weighted by atomic mass is 14.9. The Morgan fingerprint density at radius 3 is 1.53 bits per heavy atom. The second-order valence-electron chi connectivity index (χ2n) is 17.7. The number of allylic oxidation sites excluding steroid dienone is 1. The van der Waals surface area contributed by atoms with E-state index in [0.29, 0.717) is 11.5 Å². The lowest BCUT2D eigenvalue weighted by molar-refractivity contribution is 0.794. The lowest BCUT2D eigenvalue weighted by Crippen LogP contribution is -2.25. The van der Waals surface area contributed by atoms with E-state index in [-0.39, 0.29) is 0 Å². The molecule has 0 atom stereocenters. The number of nitrogens with zero attached hydrogens (tertiary/aromatic N) is 2. The SMILES string of the molecule is N=C(/C(=C1\NC(c2cccc(-c3nc(-c4ccccc4)cc(-c4ccc5c(c4)C4(c6ccccc6-c6ccccc64)c4ccccc4-5)n3)c2)=Cc2ccccc21)c1ccccc1)c1ccccc1. The average Bonchev–Trinajstić information content (AvgIpc) is 3.89. The number of hydrogen-bond donors (Lipinski definition) is 2. The molecule has 10 aromatic rings. The van der Waals surface area contributed by atoms with Gasteiger partial charge in [0.1, 0.15) is 0 Å². The van der Waals surface area contributed by atoms with Crippen LogP contribution in [-0.2, 0) is 5.41 Å². The minimum Gasteiger partial charge on any atom is -0.354 e. The van der Waals surface area contributed by atoms with Crippen molar-refractivity contribution in [3.8, 4) is 56.2 Å². The molecule has 0 bridgehead atoms. The van der Waals surface area contributed by atoms with E-state index < -0.39 is 5.41 Å². The lowest BCUT2D eigenvalue weighted by atomic mass is 9.70. The summed E-state index contributed by atoms with van der Waals surface area (Å²) in [6.45, 7) is 0. The number of aromatic nitrogens is 2. The molecule has 1 spiro atoms. The van der Waals surface area contributed by atoms with Crippen molar-refractivity contribution in [3.05, 3.63) is 287 Å². The number of benzene rings is 9. The number of hydrogen-bond acceptors (Lipinski definition) is 4. The van der Waals surface area contributed by atoms with Crippen LogP contribution < -0.4 is 5.32 Å². The second kappa shape index (κ2) is 15.9. The maximum atomic E-state index is 9.65. The molecule has 0 saturated carbocycles. The van der Waals surface area contributed by atoms with Gasteiger partial charge in [-0.2, -0.15) is 0 Å². The van der Waals surface area contributed by atoms with Gasteiger partial charge in [0, 0.05) is 39.1 Å². The summed E-state index contributed by atoms with van der Waals surface area (Å²) in [5.41, 5.74) is 22.5. The third-order valence-electron chi connectivity index (χ3n) is 13.9. The van der Waals surface area contributed by atoms with Crippen LogP contribution in [0, 0.1) is 5.41 Å². The van der Waals surface area contributed by atoms with E-state index in [1.165, 1.54) is 44.5 Å². The summed E-state index contributed by atoms with van der Waals surface area (Å²) in [6.07, 6.45) is 2.21. The smallest absolute Gasteiger partial charge is 0.160 e. The summed E-state index contributed by atoms with van der Waals surface area (Å²) < 4.78 is 0. The zero-order valence-electron chi connectivity index (χ0n) is 37.0. The Hall–Kier alpha value is -8.99. The minimum atomic E-state index is -0.464. The van der Waals surface area contributed by atoms with Crippen molar-refractivity contribution in [3.63, 3.8) is 0 Å². The molecule has 9 aromatic carbocycles. The molecule has 13 rings (SSSR count). The molecule has 4 nitrogen and oxygen atoms in total. The van der Waals surface area contributed by atoms with E-state index >= 15 is 0 Å². The van der Waals surface area contributed by atoms with Crippen LogP contribution in [0.25, 0.3) is 79.2 Å². The van der Waals surface area contributed by atoms with E-state index in [1.54, 1.807) is 0 Å². The molecular formula is C64H42N4. The zero-order valence-corrected chi connectivity index (χ0v) is 37.0. The lowest BCUT2D eigenvalue weighted by Gasteiger charge is -2.30. The molecule has 0 amide bonds. The van der Waals surface area contributed by atoms with Crippen LogP contribution in [-0.4, -0.2) is 15.7 Å². The topological polar surface area (TPSA) is 61.7 Å². The molecule has 0 fully saturated rings. The van der Waals surface area contributed by atoms with Gasteiger partial charge in [-0.1, -0.05) is 218 Å². The standard InChI is InChI=1S/C64H42N4/c65-61(43-23-8-3-9-24-43)60(42-21-6-2-7-22-42)62-48-28-11-10-25-44(48)39-57(66-62)45-26-18-27-47(37-45)63-67-58(41-19-4-1-5-20-41)40-59(68-63)46-35-36-52-51-31-14-17-34-55(51)64(56(52)38-46)53-32-15-12-29-49(53)50-30-13-16-33-54(50)64/h1-40,65-66H/b62-60-,65-61?. The number of fused-ring (bicyclic) bond motifs is 11. The van der Waals surface area contributed by atoms with Crippen molar-refractivity contribution in [2.24, 2.45) is 0 Å². The van der Waals surface area contributed by atoms with Gasteiger partial charge >= 0.3 is 0 Å². The minimum absolute atomic E-state index is 0.450. The number of rotatable bonds is 7. The molecule has 4 heteroatoms. The molecule has 0 unspecified atom stereocenters. The van der Waals surface area contributed by atoms with Crippen LogP contribution in [0.2, 0.25) is 0 Å². The predicted molar refractivity (Wildman–Crippen MR) is 279 cm³/mol. The van der Waals surface area contributed by atoms with Gasteiger partial charge in [-0.25, -0.2) is 9.97 Å². The van der Waals surface area contributed by atoms with Gasteiger partial charge < -0.3 is 5.32 Å². The Bertz CT molecular complexity index is 3650. The number of nitrogens with one attached hydrogen (secondary N) is 2. The molecule has 1 aliphatic heterocycles. The van der Waals surface area contributed by atoms with Gasteiger partial charge in [0.05, 0.1) is 28.2 Å². The molecule has 3 aliphatic rings. The van der Waals surface area contributed by atoms with Crippen LogP contribution in [0.1, 0.15) is 50.1 Å². The molecule has 68 heavy (non-hydrogen) atoms. The Morgan fingerprint density at radius 2 is 0.882 bits per heavy atom. The highest BCUT2D eigenvalue weighted by molar-refractivity contribution is 6.36. The van der Waals surface area contributed by atoms with Gasteiger partial charge in [0.2, 0.25) is 0 Å². The maximum absolute atomic E-state index is 9.65. The van der Waals surface area contributed by atoms with Gasteiger partial charge in [0.25, 0.3) is 0 Å². The largest absolute Gasteiger partial charge is 0.354 e. The molecule has 0 saturated heterocycles. The zero-order chi connectivity index (χ0) is 45.2. The van der Waals surface area contributed by atoms with Gasteiger partial charge in [-0.15, -0.1) is 0 Å². The Kier molecular flexibility index (Phi) is 9.19. The van der Waals surface area contributed by atoms with Crippen LogP contribution in [0.4, 0.5) is 0 Å². The van der Waals surface area contributed by atoms with E-state index in [9.17, 15) is 5.41 Å². The summed E-state index contributed by atoms with van der Waals surface area (Å²) in [7, 11) is 0. The van der Waals surface area contributed by atoms with Crippen LogP contribution in [0.15, 0.2) is 237 Å². The fourth-order valence-corrected chi connectivity index (χ4v) is 10.9. The quantitative estimate of drug-likeness (QED) is 0.157. The molecular weight excluding hydrogens is 825 g/mol. The van der Waals surface area contributed by atoms with Crippen LogP contribution >= 0.6 is 0 Å². The normalized spacial score (nSPS) is 14.1. The average molecular weight is 867 g/mol. The monoisotopic (exact) mass is 866 g/mol. The van der Waals surface area contributed by atoms with Gasteiger partial charge in [-0.05, 0) is 85.5 Å². The third kappa shape index (κ3) is 6.19. The first-order chi connectivity index (χ1) is 33.6. The van der Waals surface area contributed by atoms with Crippen molar-refractivity contribution in [1.82, 2.24) is 15.3 Å². The molecule has 1 aromatic heterocycles. The molecule has 2 aliphatic carbocycles. The maximum Gasteiger partial charge on any atom is 0.160 e. The van der Waals surface area contributed by atoms with Crippen LogP contribution in [0.5, 0.6) is 0 Å². The summed E-state index contributed by atoms with van der Waals surface area (Å²) in [6, 6.07) is 83.5. The Balaban J connectivity index is 0.963.